The number of hydrogen-bond donors (Lipinski definition) is 1. The van der Waals surface area contributed by atoms with Crippen molar-refractivity contribution in [2.24, 2.45) is 0 Å². The standard InChI is InChI=1S/C37H72O7/c1-5-7-9-11-13-15-17-19-21-23-25-27-35(39)42-32-34(31-41-29-30-43-37(3,4)33-38)44-36(40)28-26-24-22-20-18-16-14-12-10-8-6-2/h34,38H,5-33H2,1-4H3. The molecule has 1 N–H and O–H groups in total. The van der Waals surface area contributed by atoms with Crippen LogP contribution in [0.1, 0.15) is 182 Å². The van der Waals surface area contributed by atoms with Crippen LogP contribution in [0.2, 0.25) is 0 Å². The van der Waals surface area contributed by atoms with E-state index in [0.29, 0.717) is 26.1 Å². The Hall–Kier alpha value is -1.18. The van der Waals surface area contributed by atoms with Crippen LogP contribution in [0.3, 0.4) is 0 Å². The fourth-order valence-electron chi connectivity index (χ4n) is 5.12. The highest BCUT2D eigenvalue weighted by Crippen LogP contribution is 2.14. The Morgan fingerprint density at radius 2 is 0.977 bits per heavy atom. The van der Waals surface area contributed by atoms with Gasteiger partial charge in [-0.05, 0) is 26.7 Å². The number of aliphatic hydroxyl groups is 1. The average Bonchev–Trinajstić information content (AvgIpc) is 3.01. The van der Waals surface area contributed by atoms with Crippen LogP contribution in [0, 0.1) is 0 Å². The van der Waals surface area contributed by atoms with Gasteiger partial charge in [-0.25, -0.2) is 0 Å². The number of carbonyl (C=O) groups excluding carboxylic acids is 2. The van der Waals surface area contributed by atoms with Crippen molar-refractivity contribution in [3.8, 4) is 0 Å². The predicted octanol–water partition coefficient (Wildman–Crippen LogP) is 9.65. The molecule has 0 aromatic rings. The molecule has 0 radical (unpaired) electrons. The maximum atomic E-state index is 12.5. The van der Waals surface area contributed by atoms with E-state index in [-0.39, 0.29) is 31.8 Å². The van der Waals surface area contributed by atoms with Gasteiger partial charge in [0.1, 0.15) is 6.61 Å². The minimum absolute atomic E-state index is 0.00382. The third-order valence-electron chi connectivity index (χ3n) is 8.10. The number of hydrogen-bond acceptors (Lipinski definition) is 7. The van der Waals surface area contributed by atoms with E-state index in [1.54, 1.807) is 13.8 Å². The molecule has 262 valence electrons. The van der Waals surface area contributed by atoms with E-state index in [1.165, 1.54) is 103 Å². The fourth-order valence-corrected chi connectivity index (χ4v) is 5.12. The Labute approximate surface area is 271 Å². The van der Waals surface area contributed by atoms with E-state index < -0.39 is 11.7 Å². The molecule has 0 aromatic heterocycles. The van der Waals surface area contributed by atoms with E-state index in [0.717, 1.165) is 38.5 Å². The summed E-state index contributed by atoms with van der Waals surface area (Å²) >= 11 is 0. The quantitative estimate of drug-likeness (QED) is 0.0560. The van der Waals surface area contributed by atoms with Crippen LogP contribution >= 0.6 is 0 Å². The zero-order valence-corrected chi connectivity index (χ0v) is 29.5. The molecule has 1 atom stereocenters. The first-order chi connectivity index (χ1) is 21.3. The van der Waals surface area contributed by atoms with Crippen molar-refractivity contribution in [1.29, 1.82) is 0 Å². The zero-order valence-electron chi connectivity index (χ0n) is 29.5. The van der Waals surface area contributed by atoms with Crippen molar-refractivity contribution in [2.45, 2.75) is 193 Å². The Bertz CT molecular complexity index is 637. The number of carbonyl (C=O) groups is 2. The maximum absolute atomic E-state index is 12.5. The Morgan fingerprint density at radius 3 is 1.41 bits per heavy atom. The van der Waals surface area contributed by atoms with Gasteiger partial charge in [0.25, 0.3) is 0 Å². The Balaban J connectivity index is 4.21. The van der Waals surface area contributed by atoms with E-state index in [1.807, 2.05) is 0 Å². The van der Waals surface area contributed by atoms with Crippen LogP contribution in [0.4, 0.5) is 0 Å². The van der Waals surface area contributed by atoms with Crippen molar-refractivity contribution in [3.05, 3.63) is 0 Å². The second-order valence-electron chi connectivity index (χ2n) is 13.2. The summed E-state index contributed by atoms with van der Waals surface area (Å²) in [6, 6.07) is 0. The second kappa shape index (κ2) is 31.8. The van der Waals surface area contributed by atoms with Gasteiger partial charge >= 0.3 is 11.9 Å². The van der Waals surface area contributed by atoms with Gasteiger partial charge in [-0.15, -0.1) is 0 Å². The number of esters is 2. The number of ether oxygens (including phenoxy) is 4. The monoisotopic (exact) mass is 629 g/mol. The first kappa shape index (κ1) is 42.8. The van der Waals surface area contributed by atoms with Crippen molar-refractivity contribution in [1.82, 2.24) is 0 Å². The van der Waals surface area contributed by atoms with Gasteiger partial charge in [0.05, 0.1) is 32.0 Å². The summed E-state index contributed by atoms with van der Waals surface area (Å²) in [5.41, 5.74) is -0.631. The number of unbranched alkanes of at least 4 members (excludes halogenated alkanes) is 20. The number of aliphatic hydroxyl groups excluding tert-OH is 1. The van der Waals surface area contributed by atoms with Crippen LogP contribution in [0.25, 0.3) is 0 Å². The summed E-state index contributed by atoms with van der Waals surface area (Å²) in [6.07, 6.45) is 27.2. The SMILES string of the molecule is CCCCCCCCCCCCCC(=O)OCC(COCCOC(C)(C)CO)OC(=O)CCCCCCCCCCCCC. The molecular weight excluding hydrogens is 556 g/mol. The lowest BCUT2D eigenvalue weighted by Gasteiger charge is -2.23. The molecule has 0 aliphatic rings. The van der Waals surface area contributed by atoms with Gasteiger partial charge in [0, 0.05) is 12.8 Å². The van der Waals surface area contributed by atoms with Gasteiger partial charge < -0.3 is 24.1 Å². The second-order valence-corrected chi connectivity index (χ2v) is 13.2. The lowest BCUT2D eigenvalue weighted by Crippen LogP contribution is -2.32. The Morgan fingerprint density at radius 1 is 0.568 bits per heavy atom. The molecule has 7 nitrogen and oxygen atoms in total. The first-order valence-electron chi connectivity index (χ1n) is 18.5. The van der Waals surface area contributed by atoms with Crippen LogP contribution in [0.15, 0.2) is 0 Å². The minimum Gasteiger partial charge on any atom is -0.462 e. The summed E-state index contributed by atoms with van der Waals surface area (Å²) < 4.78 is 22.4. The minimum atomic E-state index is -0.637. The largest absolute Gasteiger partial charge is 0.462 e. The van der Waals surface area contributed by atoms with Crippen molar-refractivity contribution in [2.75, 3.05) is 33.0 Å². The molecule has 0 spiro atoms. The van der Waals surface area contributed by atoms with Crippen LogP contribution in [-0.4, -0.2) is 61.8 Å². The summed E-state index contributed by atoms with van der Waals surface area (Å²) in [7, 11) is 0. The molecule has 0 heterocycles. The molecule has 7 heteroatoms. The van der Waals surface area contributed by atoms with Crippen LogP contribution in [-0.2, 0) is 28.5 Å². The van der Waals surface area contributed by atoms with Gasteiger partial charge in [0.2, 0.25) is 0 Å². The molecule has 0 bridgehead atoms. The molecule has 0 rings (SSSR count). The Kier molecular flexibility index (Phi) is 30.9. The van der Waals surface area contributed by atoms with E-state index in [2.05, 4.69) is 13.8 Å². The zero-order chi connectivity index (χ0) is 32.6. The molecule has 0 saturated carbocycles. The summed E-state index contributed by atoms with van der Waals surface area (Å²) in [6.45, 7) is 8.78. The third-order valence-corrected chi connectivity index (χ3v) is 8.10. The smallest absolute Gasteiger partial charge is 0.306 e. The summed E-state index contributed by atoms with van der Waals surface area (Å²) in [5, 5.41) is 9.33. The van der Waals surface area contributed by atoms with Gasteiger partial charge in [-0.2, -0.15) is 0 Å². The molecule has 0 saturated heterocycles. The molecule has 0 aliphatic carbocycles. The van der Waals surface area contributed by atoms with Gasteiger partial charge in [-0.3, -0.25) is 9.59 Å². The molecule has 0 amide bonds. The van der Waals surface area contributed by atoms with Crippen molar-refractivity contribution >= 4 is 11.9 Å². The van der Waals surface area contributed by atoms with Gasteiger partial charge in [-0.1, -0.05) is 142 Å². The molecular formula is C37H72O7. The normalized spacial score (nSPS) is 12.4. The van der Waals surface area contributed by atoms with Gasteiger partial charge in [0.15, 0.2) is 6.10 Å². The molecule has 44 heavy (non-hydrogen) atoms. The molecule has 1 unspecified atom stereocenters. The summed E-state index contributed by atoms with van der Waals surface area (Å²) in [4.78, 5) is 24.9. The lowest BCUT2D eigenvalue weighted by atomic mass is 10.1. The van der Waals surface area contributed by atoms with E-state index in [9.17, 15) is 14.7 Å². The van der Waals surface area contributed by atoms with Crippen LogP contribution in [0.5, 0.6) is 0 Å². The van der Waals surface area contributed by atoms with E-state index >= 15 is 0 Å². The fraction of sp³-hybridized carbons (Fsp3) is 0.946. The average molecular weight is 629 g/mol. The highest BCUT2D eigenvalue weighted by Gasteiger charge is 2.19. The topological polar surface area (TPSA) is 91.3 Å². The lowest BCUT2D eigenvalue weighted by molar-refractivity contribution is -0.163. The molecule has 0 aromatic carbocycles. The maximum Gasteiger partial charge on any atom is 0.306 e. The third kappa shape index (κ3) is 30.8. The highest BCUT2D eigenvalue weighted by atomic mass is 16.6. The van der Waals surface area contributed by atoms with Crippen molar-refractivity contribution in [3.63, 3.8) is 0 Å². The van der Waals surface area contributed by atoms with Crippen molar-refractivity contribution < 1.29 is 33.6 Å². The van der Waals surface area contributed by atoms with E-state index in [4.69, 9.17) is 18.9 Å². The molecule has 0 aliphatic heterocycles. The summed E-state index contributed by atoms with van der Waals surface area (Å²) in [5.74, 6) is -0.519. The predicted molar refractivity (Wildman–Crippen MR) is 181 cm³/mol. The molecule has 0 fully saturated rings. The first-order valence-corrected chi connectivity index (χ1v) is 18.5. The van der Waals surface area contributed by atoms with Crippen LogP contribution < -0.4 is 0 Å². The highest BCUT2D eigenvalue weighted by molar-refractivity contribution is 5.70. The number of rotatable bonds is 34.